The number of para-hydroxylation sites is 1. The van der Waals surface area contributed by atoms with Crippen molar-refractivity contribution < 1.29 is 4.74 Å². The number of rotatable bonds is 5. The van der Waals surface area contributed by atoms with Gasteiger partial charge in [0.05, 0.1) is 17.7 Å². The van der Waals surface area contributed by atoms with E-state index in [9.17, 15) is 0 Å². The van der Waals surface area contributed by atoms with Crippen LogP contribution in [0, 0.1) is 0 Å². The molecule has 1 unspecified atom stereocenters. The van der Waals surface area contributed by atoms with Gasteiger partial charge in [0, 0.05) is 11.5 Å². The lowest BCUT2D eigenvalue weighted by Gasteiger charge is -2.22. The lowest BCUT2D eigenvalue weighted by atomic mass is 9.89. The molecule has 0 bridgehead atoms. The number of hydrogen-bond donors (Lipinski definition) is 1. The van der Waals surface area contributed by atoms with Gasteiger partial charge in [-0.2, -0.15) is 0 Å². The summed E-state index contributed by atoms with van der Waals surface area (Å²) in [4.78, 5) is 1.20. The van der Waals surface area contributed by atoms with Gasteiger partial charge >= 0.3 is 0 Å². The fourth-order valence-electron chi connectivity index (χ4n) is 2.36. The van der Waals surface area contributed by atoms with Crippen molar-refractivity contribution in [1.29, 1.82) is 0 Å². The van der Waals surface area contributed by atoms with Crippen LogP contribution in [-0.2, 0) is 11.8 Å². The third-order valence-electron chi connectivity index (χ3n) is 3.51. The Labute approximate surface area is 130 Å². The van der Waals surface area contributed by atoms with Crippen molar-refractivity contribution in [2.75, 3.05) is 14.2 Å². The monoisotopic (exact) mass is 305 g/mol. The maximum atomic E-state index is 5.45. The first-order valence-electron chi connectivity index (χ1n) is 7.09. The number of nitrogens with zero attached hydrogens (tertiary/aromatic N) is 2. The van der Waals surface area contributed by atoms with Crippen LogP contribution in [0.5, 0.6) is 5.75 Å². The Kier molecular flexibility index (Phi) is 4.96. The molecule has 0 spiro atoms. The Morgan fingerprint density at radius 3 is 2.62 bits per heavy atom. The highest BCUT2D eigenvalue weighted by molar-refractivity contribution is 7.05. The lowest BCUT2D eigenvalue weighted by molar-refractivity contribution is 0.406. The molecular formula is C16H23N3OS. The third kappa shape index (κ3) is 3.60. The van der Waals surface area contributed by atoms with Gasteiger partial charge in [-0.3, -0.25) is 0 Å². The summed E-state index contributed by atoms with van der Waals surface area (Å²) in [5.74, 6) is 0.924. The van der Waals surface area contributed by atoms with Gasteiger partial charge in [0.15, 0.2) is 0 Å². The topological polar surface area (TPSA) is 47.0 Å². The van der Waals surface area contributed by atoms with Crippen LogP contribution < -0.4 is 10.1 Å². The van der Waals surface area contributed by atoms with E-state index in [0.717, 1.165) is 17.9 Å². The summed E-state index contributed by atoms with van der Waals surface area (Å²) in [5.41, 5.74) is 2.26. The minimum Gasteiger partial charge on any atom is -0.496 e. The van der Waals surface area contributed by atoms with Crippen molar-refractivity contribution >= 4 is 11.5 Å². The number of ether oxygens (including phenoxy) is 1. The van der Waals surface area contributed by atoms with Gasteiger partial charge in [-0.05, 0) is 36.6 Å². The van der Waals surface area contributed by atoms with Crippen LogP contribution in [0.3, 0.4) is 0 Å². The Morgan fingerprint density at radius 1 is 1.29 bits per heavy atom. The van der Waals surface area contributed by atoms with E-state index >= 15 is 0 Å². The number of nitrogens with one attached hydrogen (secondary N) is 1. The molecule has 0 aliphatic rings. The van der Waals surface area contributed by atoms with E-state index in [2.05, 4.69) is 41.7 Å². The van der Waals surface area contributed by atoms with Gasteiger partial charge in [0.2, 0.25) is 0 Å². The van der Waals surface area contributed by atoms with Crippen LogP contribution in [0.25, 0.3) is 0 Å². The second-order valence-electron chi connectivity index (χ2n) is 6.09. The molecular weight excluding hydrogens is 282 g/mol. The normalized spacial score (nSPS) is 13.2. The number of benzene rings is 1. The zero-order valence-electron chi connectivity index (χ0n) is 13.3. The molecule has 2 rings (SSSR count). The summed E-state index contributed by atoms with van der Waals surface area (Å²) >= 11 is 1.48. The van der Waals surface area contributed by atoms with E-state index < -0.39 is 0 Å². The van der Waals surface area contributed by atoms with Crippen molar-refractivity contribution in [2.45, 2.75) is 38.6 Å². The van der Waals surface area contributed by atoms with E-state index in [0.29, 0.717) is 0 Å². The molecule has 114 valence electrons. The Bertz CT molecular complexity index is 589. The molecule has 0 aliphatic carbocycles. The van der Waals surface area contributed by atoms with Gasteiger partial charge in [0.1, 0.15) is 5.75 Å². The first-order chi connectivity index (χ1) is 9.97. The zero-order valence-corrected chi connectivity index (χ0v) is 14.1. The quantitative estimate of drug-likeness (QED) is 0.920. The van der Waals surface area contributed by atoms with Crippen LogP contribution in [0.1, 0.15) is 42.9 Å². The molecule has 0 saturated carbocycles. The van der Waals surface area contributed by atoms with Crippen molar-refractivity contribution in [3.8, 4) is 5.75 Å². The predicted octanol–water partition coefficient (Wildman–Crippen LogP) is 3.35. The highest BCUT2D eigenvalue weighted by Crippen LogP contribution is 2.33. The van der Waals surface area contributed by atoms with Gasteiger partial charge in [-0.15, -0.1) is 5.10 Å². The van der Waals surface area contributed by atoms with Crippen molar-refractivity contribution in [2.24, 2.45) is 0 Å². The molecule has 1 aromatic heterocycles. The van der Waals surface area contributed by atoms with Gasteiger partial charge in [-0.25, -0.2) is 0 Å². The Balaban J connectivity index is 2.31. The maximum absolute atomic E-state index is 5.45. The SMILES string of the molecule is CNC(Cc1ccccc1OC)c1snnc1C(C)(C)C. The molecule has 1 aromatic carbocycles. The Hall–Kier alpha value is -1.46. The number of aromatic nitrogens is 2. The smallest absolute Gasteiger partial charge is 0.122 e. The van der Waals surface area contributed by atoms with Crippen LogP contribution in [0.15, 0.2) is 24.3 Å². The predicted molar refractivity (Wildman–Crippen MR) is 87.1 cm³/mol. The zero-order chi connectivity index (χ0) is 15.5. The van der Waals surface area contributed by atoms with Crippen molar-refractivity contribution in [3.05, 3.63) is 40.4 Å². The first kappa shape index (κ1) is 15.9. The molecule has 0 aliphatic heterocycles. The van der Waals surface area contributed by atoms with Crippen LogP contribution in [0.4, 0.5) is 0 Å². The first-order valence-corrected chi connectivity index (χ1v) is 7.86. The van der Waals surface area contributed by atoms with Crippen molar-refractivity contribution in [1.82, 2.24) is 14.9 Å². The van der Waals surface area contributed by atoms with E-state index in [4.69, 9.17) is 4.74 Å². The third-order valence-corrected chi connectivity index (χ3v) is 4.34. The summed E-state index contributed by atoms with van der Waals surface area (Å²) in [5, 5.41) is 7.73. The lowest BCUT2D eigenvalue weighted by Crippen LogP contribution is -2.23. The van der Waals surface area contributed by atoms with E-state index in [-0.39, 0.29) is 11.5 Å². The largest absolute Gasteiger partial charge is 0.496 e. The van der Waals surface area contributed by atoms with Gasteiger partial charge in [-0.1, -0.05) is 43.5 Å². The molecule has 0 amide bonds. The maximum Gasteiger partial charge on any atom is 0.122 e. The summed E-state index contributed by atoms with van der Waals surface area (Å²) in [6.07, 6.45) is 0.855. The molecule has 4 nitrogen and oxygen atoms in total. The Morgan fingerprint density at radius 2 is 2.00 bits per heavy atom. The number of likely N-dealkylation sites (N-methyl/N-ethyl adjacent to an activating group) is 1. The van der Waals surface area contributed by atoms with E-state index in [1.165, 1.54) is 22.0 Å². The van der Waals surface area contributed by atoms with Gasteiger partial charge in [0.25, 0.3) is 0 Å². The molecule has 1 N–H and O–H groups in total. The van der Waals surface area contributed by atoms with E-state index in [1.807, 2.05) is 25.2 Å². The highest BCUT2D eigenvalue weighted by atomic mass is 32.1. The number of methoxy groups -OCH3 is 1. The number of hydrogen-bond acceptors (Lipinski definition) is 5. The molecule has 0 saturated heterocycles. The minimum absolute atomic E-state index is 0.00178. The standard InChI is InChI=1S/C16H23N3OS/c1-16(2,3)15-14(21-19-18-15)12(17-4)10-11-8-6-7-9-13(11)20-5/h6-9,12,17H,10H2,1-5H3. The second kappa shape index (κ2) is 6.54. The molecule has 1 atom stereocenters. The molecule has 0 radical (unpaired) electrons. The van der Waals surface area contributed by atoms with Crippen molar-refractivity contribution in [3.63, 3.8) is 0 Å². The molecule has 2 aromatic rings. The average Bonchev–Trinajstić information content (AvgIpc) is 2.94. The van der Waals surface area contributed by atoms with E-state index in [1.54, 1.807) is 7.11 Å². The van der Waals surface area contributed by atoms with Crippen LogP contribution >= 0.6 is 11.5 Å². The molecule has 5 heteroatoms. The van der Waals surface area contributed by atoms with Gasteiger partial charge < -0.3 is 10.1 Å². The van der Waals surface area contributed by atoms with Crippen LogP contribution in [0.2, 0.25) is 0 Å². The molecule has 0 fully saturated rings. The molecule has 21 heavy (non-hydrogen) atoms. The fraction of sp³-hybridized carbons (Fsp3) is 0.500. The van der Waals surface area contributed by atoms with Crippen LogP contribution in [-0.4, -0.2) is 23.7 Å². The minimum atomic E-state index is -0.00178. The summed E-state index contributed by atoms with van der Waals surface area (Å²) in [6, 6.07) is 8.33. The summed E-state index contributed by atoms with van der Waals surface area (Å²) in [6.45, 7) is 6.51. The average molecular weight is 305 g/mol. The summed E-state index contributed by atoms with van der Waals surface area (Å²) < 4.78 is 9.61. The highest BCUT2D eigenvalue weighted by Gasteiger charge is 2.27. The second-order valence-corrected chi connectivity index (χ2v) is 6.88. The fourth-order valence-corrected chi connectivity index (χ4v) is 3.34. The summed E-state index contributed by atoms with van der Waals surface area (Å²) in [7, 11) is 3.69. The molecule has 1 heterocycles.